The van der Waals surface area contributed by atoms with Crippen LogP contribution >= 0.6 is 23.4 Å². The molecular formula is C9H11ClN2S. The number of nitrogens with one attached hydrogen (secondary N) is 1. The molecule has 3 N–H and O–H groups in total. The zero-order valence-electron chi connectivity index (χ0n) is 7.09. The van der Waals surface area contributed by atoms with Gasteiger partial charge in [0.25, 0.3) is 0 Å². The normalized spacial score (nSPS) is 9.92. The number of rotatable bonds is 4. The van der Waals surface area contributed by atoms with Crippen LogP contribution in [0.15, 0.2) is 24.3 Å². The zero-order valence-corrected chi connectivity index (χ0v) is 8.66. The Morgan fingerprint density at radius 2 is 2.15 bits per heavy atom. The van der Waals surface area contributed by atoms with Gasteiger partial charge in [0.1, 0.15) is 5.84 Å². The molecule has 0 bridgehead atoms. The molecule has 0 heterocycles. The van der Waals surface area contributed by atoms with Gasteiger partial charge < -0.3 is 5.73 Å². The zero-order chi connectivity index (χ0) is 9.68. The lowest BCUT2D eigenvalue weighted by molar-refractivity contribution is 1.39. The van der Waals surface area contributed by atoms with Gasteiger partial charge in [-0.15, -0.1) is 11.8 Å². The van der Waals surface area contributed by atoms with E-state index in [1.807, 2.05) is 24.3 Å². The van der Waals surface area contributed by atoms with Crippen LogP contribution in [0.3, 0.4) is 0 Å². The molecule has 0 aliphatic carbocycles. The molecule has 4 heteroatoms. The van der Waals surface area contributed by atoms with Gasteiger partial charge in [0.05, 0.1) is 5.75 Å². The van der Waals surface area contributed by atoms with Crippen molar-refractivity contribution in [3.05, 3.63) is 34.9 Å². The molecule has 1 rings (SSSR count). The van der Waals surface area contributed by atoms with Gasteiger partial charge in [-0.25, -0.2) is 0 Å². The number of halogens is 1. The largest absolute Gasteiger partial charge is 0.387 e. The molecule has 0 saturated carbocycles. The Bertz CT molecular complexity index is 301. The first-order valence-corrected chi connectivity index (χ1v) is 5.37. The summed E-state index contributed by atoms with van der Waals surface area (Å²) in [5.74, 6) is 1.57. The van der Waals surface area contributed by atoms with Gasteiger partial charge in [0, 0.05) is 10.8 Å². The SMILES string of the molecule is N=C(N)CSCc1ccccc1Cl. The van der Waals surface area contributed by atoms with Crippen LogP contribution in [-0.4, -0.2) is 11.6 Å². The van der Waals surface area contributed by atoms with E-state index in [-0.39, 0.29) is 5.84 Å². The van der Waals surface area contributed by atoms with Crippen LogP contribution < -0.4 is 5.73 Å². The van der Waals surface area contributed by atoms with Crippen LogP contribution in [0.4, 0.5) is 0 Å². The maximum absolute atomic E-state index is 7.04. The molecule has 0 atom stereocenters. The highest BCUT2D eigenvalue weighted by atomic mass is 35.5. The second-order valence-electron chi connectivity index (χ2n) is 2.61. The predicted octanol–water partition coefficient (Wildman–Crippen LogP) is 2.51. The number of hydrogen-bond donors (Lipinski definition) is 2. The first-order chi connectivity index (χ1) is 6.20. The minimum absolute atomic E-state index is 0.206. The van der Waals surface area contributed by atoms with E-state index >= 15 is 0 Å². The van der Waals surface area contributed by atoms with Crippen molar-refractivity contribution in [3.8, 4) is 0 Å². The molecule has 0 fully saturated rings. The van der Waals surface area contributed by atoms with Crippen molar-refractivity contribution in [1.82, 2.24) is 0 Å². The Kier molecular flexibility index (Phi) is 4.12. The van der Waals surface area contributed by atoms with Gasteiger partial charge in [0.15, 0.2) is 0 Å². The van der Waals surface area contributed by atoms with E-state index in [0.29, 0.717) is 5.75 Å². The fourth-order valence-electron chi connectivity index (χ4n) is 0.886. The Morgan fingerprint density at radius 1 is 1.46 bits per heavy atom. The monoisotopic (exact) mass is 214 g/mol. The summed E-state index contributed by atoms with van der Waals surface area (Å²) in [4.78, 5) is 0. The van der Waals surface area contributed by atoms with E-state index < -0.39 is 0 Å². The minimum atomic E-state index is 0.206. The highest BCUT2D eigenvalue weighted by Crippen LogP contribution is 2.20. The number of amidine groups is 1. The Balaban J connectivity index is 2.45. The van der Waals surface area contributed by atoms with Crippen molar-refractivity contribution < 1.29 is 0 Å². The standard InChI is InChI=1S/C9H11ClN2S/c10-8-4-2-1-3-7(8)5-13-6-9(11)12/h1-4H,5-6H2,(H3,11,12). The molecule has 0 aliphatic heterocycles. The molecule has 2 nitrogen and oxygen atoms in total. The number of nitrogens with two attached hydrogens (primary N) is 1. The predicted molar refractivity (Wildman–Crippen MR) is 59.5 cm³/mol. The maximum atomic E-state index is 7.04. The van der Waals surface area contributed by atoms with E-state index in [1.165, 1.54) is 0 Å². The Labute approximate surface area is 87.0 Å². The van der Waals surface area contributed by atoms with E-state index in [2.05, 4.69) is 0 Å². The van der Waals surface area contributed by atoms with Crippen molar-refractivity contribution in [2.45, 2.75) is 5.75 Å². The molecule has 1 aromatic carbocycles. The van der Waals surface area contributed by atoms with Crippen LogP contribution in [-0.2, 0) is 5.75 Å². The third kappa shape index (κ3) is 3.70. The van der Waals surface area contributed by atoms with E-state index in [4.69, 9.17) is 22.7 Å². The molecule has 0 unspecified atom stereocenters. The second kappa shape index (κ2) is 5.14. The van der Waals surface area contributed by atoms with Gasteiger partial charge in [0.2, 0.25) is 0 Å². The molecule has 0 amide bonds. The van der Waals surface area contributed by atoms with Gasteiger partial charge in [-0.3, -0.25) is 5.41 Å². The summed E-state index contributed by atoms with van der Waals surface area (Å²) in [6, 6.07) is 7.71. The van der Waals surface area contributed by atoms with Crippen molar-refractivity contribution in [2.24, 2.45) is 5.73 Å². The lowest BCUT2D eigenvalue weighted by Crippen LogP contribution is -2.12. The molecular weight excluding hydrogens is 204 g/mol. The van der Waals surface area contributed by atoms with Crippen LogP contribution in [0.1, 0.15) is 5.56 Å². The fraction of sp³-hybridized carbons (Fsp3) is 0.222. The summed E-state index contributed by atoms with van der Waals surface area (Å²) in [6.45, 7) is 0. The van der Waals surface area contributed by atoms with Gasteiger partial charge in [-0.1, -0.05) is 29.8 Å². The first-order valence-electron chi connectivity index (χ1n) is 3.84. The van der Waals surface area contributed by atoms with Crippen LogP contribution in [0.5, 0.6) is 0 Å². The average molecular weight is 215 g/mol. The van der Waals surface area contributed by atoms with Crippen molar-refractivity contribution in [1.29, 1.82) is 5.41 Å². The molecule has 0 aromatic heterocycles. The smallest absolute Gasteiger partial charge is 0.101 e. The molecule has 1 aromatic rings. The van der Waals surface area contributed by atoms with Gasteiger partial charge in [-0.2, -0.15) is 0 Å². The quantitative estimate of drug-likeness (QED) is 0.598. The summed E-state index contributed by atoms with van der Waals surface area (Å²) in [5, 5.41) is 7.81. The second-order valence-corrected chi connectivity index (χ2v) is 4.00. The van der Waals surface area contributed by atoms with E-state index in [9.17, 15) is 0 Å². The number of thioether (sulfide) groups is 1. The topological polar surface area (TPSA) is 49.9 Å². The van der Waals surface area contributed by atoms with E-state index in [1.54, 1.807) is 11.8 Å². The molecule has 13 heavy (non-hydrogen) atoms. The average Bonchev–Trinajstić information content (AvgIpc) is 2.08. The molecule has 0 aliphatic rings. The summed E-state index contributed by atoms with van der Waals surface area (Å²) in [7, 11) is 0. The first kappa shape index (κ1) is 10.4. The van der Waals surface area contributed by atoms with E-state index in [0.717, 1.165) is 16.3 Å². The van der Waals surface area contributed by atoms with Gasteiger partial charge in [-0.05, 0) is 11.6 Å². The van der Waals surface area contributed by atoms with Crippen molar-refractivity contribution >= 4 is 29.2 Å². The Hall–Kier alpha value is -0.670. The lowest BCUT2D eigenvalue weighted by atomic mass is 10.2. The summed E-state index contributed by atoms with van der Waals surface area (Å²) >= 11 is 7.54. The highest BCUT2D eigenvalue weighted by Gasteiger charge is 1.98. The summed E-state index contributed by atoms with van der Waals surface area (Å²) in [6.07, 6.45) is 0. The summed E-state index contributed by atoms with van der Waals surface area (Å²) < 4.78 is 0. The number of benzene rings is 1. The lowest BCUT2D eigenvalue weighted by Gasteiger charge is -2.02. The molecule has 0 saturated heterocycles. The molecule has 0 spiro atoms. The molecule has 0 radical (unpaired) electrons. The molecule has 70 valence electrons. The van der Waals surface area contributed by atoms with Gasteiger partial charge >= 0.3 is 0 Å². The Morgan fingerprint density at radius 3 is 2.77 bits per heavy atom. The van der Waals surface area contributed by atoms with Crippen LogP contribution in [0.2, 0.25) is 5.02 Å². The fourth-order valence-corrected chi connectivity index (χ4v) is 1.96. The third-order valence-electron chi connectivity index (χ3n) is 1.47. The third-order valence-corrected chi connectivity index (χ3v) is 2.87. The minimum Gasteiger partial charge on any atom is -0.387 e. The van der Waals surface area contributed by atoms with Crippen molar-refractivity contribution in [3.63, 3.8) is 0 Å². The highest BCUT2D eigenvalue weighted by molar-refractivity contribution is 7.99. The number of hydrogen-bond acceptors (Lipinski definition) is 2. The van der Waals surface area contributed by atoms with Crippen LogP contribution in [0.25, 0.3) is 0 Å². The van der Waals surface area contributed by atoms with Crippen LogP contribution in [0, 0.1) is 5.41 Å². The van der Waals surface area contributed by atoms with Crippen molar-refractivity contribution in [2.75, 3.05) is 5.75 Å². The summed E-state index contributed by atoms with van der Waals surface area (Å²) in [5.41, 5.74) is 6.32. The maximum Gasteiger partial charge on any atom is 0.101 e.